The number of rotatable bonds is 3. The molecule has 1 aromatic carbocycles. The van der Waals surface area contributed by atoms with Crippen LogP contribution in [0, 0.1) is 12.7 Å². The second-order valence-electron chi connectivity index (χ2n) is 9.88. The fraction of sp³-hybridized carbons (Fsp3) is 0.696. The molecule has 33 heavy (non-hydrogen) atoms. The lowest BCUT2D eigenvalue weighted by molar-refractivity contribution is -0.188. The summed E-state index contributed by atoms with van der Waals surface area (Å²) in [5.41, 5.74) is 2.21. The van der Waals surface area contributed by atoms with E-state index in [1.165, 1.54) is 6.07 Å². The van der Waals surface area contributed by atoms with Crippen LogP contribution in [0.4, 0.5) is 23.2 Å². The van der Waals surface area contributed by atoms with Crippen molar-refractivity contribution >= 4 is 11.6 Å². The van der Waals surface area contributed by atoms with E-state index in [-0.39, 0.29) is 29.8 Å². The SMILES string of the molecule is Cc1ccc(F)c2c1NC(C(=O)N[C@@H]1CCC[C@H](N3CCN4C(CNC4C(F)(F)F)C3)C1)C2. The fourth-order valence-corrected chi connectivity index (χ4v) is 6.07. The minimum Gasteiger partial charge on any atom is -0.373 e. The summed E-state index contributed by atoms with van der Waals surface area (Å²) in [5.74, 6) is -0.405. The molecule has 0 radical (unpaired) electrons. The Morgan fingerprint density at radius 2 is 2.00 bits per heavy atom. The normalized spacial score (nSPS) is 32.8. The number of alkyl halides is 3. The number of fused-ring (bicyclic) bond motifs is 2. The number of anilines is 1. The summed E-state index contributed by atoms with van der Waals surface area (Å²) in [5, 5.41) is 8.96. The van der Waals surface area contributed by atoms with E-state index < -0.39 is 18.4 Å². The van der Waals surface area contributed by atoms with Gasteiger partial charge >= 0.3 is 6.18 Å². The summed E-state index contributed by atoms with van der Waals surface area (Å²) in [7, 11) is 0. The lowest BCUT2D eigenvalue weighted by Gasteiger charge is -2.45. The zero-order valence-corrected chi connectivity index (χ0v) is 18.7. The highest BCUT2D eigenvalue weighted by atomic mass is 19.4. The molecule has 182 valence electrons. The third-order valence-electron chi connectivity index (χ3n) is 7.76. The highest BCUT2D eigenvalue weighted by Crippen LogP contribution is 2.33. The Hall–Kier alpha value is -1.91. The fourth-order valence-electron chi connectivity index (χ4n) is 6.07. The van der Waals surface area contributed by atoms with Crippen LogP contribution in [0.5, 0.6) is 0 Å². The van der Waals surface area contributed by atoms with Crippen molar-refractivity contribution in [3.63, 3.8) is 0 Å². The second-order valence-corrected chi connectivity index (χ2v) is 9.88. The number of carbonyl (C=O) groups excluding carboxylic acids is 1. The Labute approximate surface area is 191 Å². The summed E-state index contributed by atoms with van der Waals surface area (Å²) in [6.07, 6.45) is -1.82. The van der Waals surface area contributed by atoms with Crippen LogP contribution in [0.15, 0.2) is 12.1 Å². The van der Waals surface area contributed by atoms with Crippen LogP contribution < -0.4 is 16.0 Å². The number of amides is 1. The number of nitrogens with one attached hydrogen (secondary N) is 3. The zero-order chi connectivity index (χ0) is 23.3. The van der Waals surface area contributed by atoms with Gasteiger partial charge in [-0.3, -0.25) is 19.9 Å². The highest BCUT2D eigenvalue weighted by Gasteiger charge is 2.51. The first-order valence-corrected chi connectivity index (χ1v) is 11.9. The minimum atomic E-state index is -4.26. The Kier molecular flexibility index (Phi) is 6.03. The van der Waals surface area contributed by atoms with Gasteiger partial charge in [0.05, 0.1) is 0 Å². The standard InChI is InChI=1S/C23H31F4N5O/c1-13-5-6-18(24)17-10-19(30-20(13)17)21(33)29-14-3-2-4-15(9-14)31-7-8-32-16(12-31)11-28-22(32)23(25,26)27/h5-6,14-16,19,22,28,30H,2-4,7-12H2,1H3,(H,29,33)/t14-,15+,16?,19?,22?/m1/s1. The Morgan fingerprint density at radius 3 is 2.76 bits per heavy atom. The Bertz CT molecular complexity index is 879. The lowest BCUT2D eigenvalue weighted by Crippen LogP contribution is -2.59. The van der Waals surface area contributed by atoms with Gasteiger partial charge in [-0.05, 0) is 44.2 Å². The molecule has 4 aliphatic rings. The second kappa shape index (κ2) is 8.70. The average molecular weight is 470 g/mol. The molecule has 1 saturated carbocycles. The highest BCUT2D eigenvalue weighted by molar-refractivity contribution is 5.88. The zero-order valence-electron chi connectivity index (χ0n) is 18.7. The molecule has 1 aliphatic carbocycles. The van der Waals surface area contributed by atoms with Crippen molar-refractivity contribution in [3.8, 4) is 0 Å². The number of aryl methyl sites for hydroxylation is 1. The first-order chi connectivity index (χ1) is 15.7. The van der Waals surface area contributed by atoms with Crippen molar-refractivity contribution in [2.24, 2.45) is 0 Å². The van der Waals surface area contributed by atoms with Crippen LogP contribution in [0.3, 0.4) is 0 Å². The molecular formula is C23H31F4N5O. The molecule has 0 spiro atoms. The third kappa shape index (κ3) is 4.44. The van der Waals surface area contributed by atoms with Crippen molar-refractivity contribution in [2.45, 2.75) is 75.5 Å². The van der Waals surface area contributed by atoms with Crippen LogP contribution in [-0.4, -0.2) is 78.4 Å². The molecule has 0 bridgehead atoms. The molecular weight excluding hydrogens is 438 g/mol. The van der Waals surface area contributed by atoms with E-state index in [2.05, 4.69) is 20.9 Å². The van der Waals surface area contributed by atoms with Crippen molar-refractivity contribution in [2.75, 3.05) is 31.5 Å². The summed E-state index contributed by atoms with van der Waals surface area (Å²) >= 11 is 0. The summed E-state index contributed by atoms with van der Waals surface area (Å²) in [4.78, 5) is 16.8. The molecule has 3 heterocycles. The molecule has 3 unspecified atom stereocenters. The predicted molar refractivity (Wildman–Crippen MR) is 116 cm³/mol. The molecule has 0 aromatic heterocycles. The van der Waals surface area contributed by atoms with Crippen LogP contribution >= 0.6 is 0 Å². The Balaban J connectivity index is 1.16. The van der Waals surface area contributed by atoms with E-state index in [9.17, 15) is 22.4 Å². The van der Waals surface area contributed by atoms with Crippen molar-refractivity contribution < 1.29 is 22.4 Å². The van der Waals surface area contributed by atoms with Crippen molar-refractivity contribution in [1.29, 1.82) is 0 Å². The van der Waals surface area contributed by atoms with E-state index in [4.69, 9.17) is 0 Å². The number of nitrogens with zero attached hydrogens (tertiary/aromatic N) is 2. The molecule has 3 fully saturated rings. The van der Waals surface area contributed by atoms with Crippen LogP contribution in [0.1, 0.15) is 36.8 Å². The molecule has 3 N–H and O–H groups in total. The molecule has 1 amide bonds. The molecule has 5 atom stereocenters. The topological polar surface area (TPSA) is 59.6 Å². The number of carbonyl (C=O) groups is 1. The van der Waals surface area contributed by atoms with Gasteiger partial charge in [0, 0.05) is 62.0 Å². The number of piperazine rings is 1. The summed E-state index contributed by atoms with van der Waals surface area (Å²) < 4.78 is 53.9. The van der Waals surface area contributed by atoms with E-state index >= 15 is 0 Å². The Morgan fingerprint density at radius 1 is 1.18 bits per heavy atom. The molecule has 2 saturated heterocycles. The first kappa shape index (κ1) is 22.9. The molecule has 5 rings (SSSR count). The summed E-state index contributed by atoms with van der Waals surface area (Å²) in [6.45, 7) is 3.85. The van der Waals surface area contributed by atoms with Crippen molar-refractivity contribution in [3.05, 3.63) is 29.1 Å². The third-order valence-corrected chi connectivity index (χ3v) is 7.76. The van der Waals surface area contributed by atoms with Gasteiger partial charge in [-0.2, -0.15) is 13.2 Å². The first-order valence-electron chi connectivity index (χ1n) is 11.9. The molecule has 10 heteroatoms. The quantitative estimate of drug-likeness (QED) is 0.594. The van der Waals surface area contributed by atoms with Crippen LogP contribution in [-0.2, 0) is 11.2 Å². The van der Waals surface area contributed by atoms with E-state index in [0.717, 1.165) is 36.9 Å². The number of hydrogen-bond acceptors (Lipinski definition) is 5. The van der Waals surface area contributed by atoms with Crippen LogP contribution in [0.25, 0.3) is 0 Å². The van der Waals surface area contributed by atoms with E-state index in [0.29, 0.717) is 38.2 Å². The monoisotopic (exact) mass is 469 g/mol. The maximum Gasteiger partial charge on any atom is 0.417 e. The number of halogens is 4. The minimum absolute atomic E-state index is 0.0235. The number of hydrogen-bond donors (Lipinski definition) is 3. The summed E-state index contributed by atoms with van der Waals surface area (Å²) in [6, 6.07) is 2.81. The lowest BCUT2D eigenvalue weighted by atomic mass is 9.89. The van der Waals surface area contributed by atoms with Gasteiger partial charge in [0.1, 0.15) is 11.9 Å². The van der Waals surface area contributed by atoms with Gasteiger partial charge in [0.2, 0.25) is 5.91 Å². The van der Waals surface area contributed by atoms with Gasteiger partial charge in [-0.25, -0.2) is 4.39 Å². The van der Waals surface area contributed by atoms with Crippen molar-refractivity contribution in [1.82, 2.24) is 20.4 Å². The smallest absolute Gasteiger partial charge is 0.373 e. The van der Waals surface area contributed by atoms with Gasteiger partial charge < -0.3 is 10.6 Å². The average Bonchev–Trinajstić information content (AvgIpc) is 3.41. The molecule has 6 nitrogen and oxygen atoms in total. The van der Waals surface area contributed by atoms with Crippen LogP contribution in [0.2, 0.25) is 0 Å². The molecule has 3 aliphatic heterocycles. The van der Waals surface area contributed by atoms with Gasteiger partial charge in [0.25, 0.3) is 0 Å². The predicted octanol–water partition coefficient (Wildman–Crippen LogP) is 2.38. The molecule has 1 aromatic rings. The maximum atomic E-state index is 14.2. The van der Waals surface area contributed by atoms with Gasteiger partial charge in [-0.1, -0.05) is 6.07 Å². The largest absolute Gasteiger partial charge is 0.417 e. The van der Waals surface area contributed by atoms with E-state index in [1.807, 2.05) is 6.92 Å². The van der Waals surface area contributed by atoms with Gasteiger partial charge in [0.15, 0.2) is 6.17 Å². The van der Waals surface area contributed by atoms with Gasteiger partial charge in [-0.15, -0.1) is 0 Å². The number of benzene rings is 1. The maximum absolute atomic E-state index is 14.2. The van der Waals surface area contributed by atoms with E-state index in [1.54, 1.807) is 11.0 Å².